The lowest BCUT2D eigenvalue weighted by Crippen LogP contribution is -2.42. The fourth-order valence-corrected chi connectivity index (χ4v) is 2.74. The maximum absolute atomic E-state index is 9.78. The molecule has 0 saturated heterocycles. The first-order valence-corrected chi connectivity index (χ1v) is 10.3. The van der Waals surface area contributed by atoms with Gasteiger partial charge in [-0.1, -0.05) is 64.7 Å². The summed E-state index contributed by atoms with van der Waals surface area (Å²) in [6, 6.07) is 0. The highest BCUT2D eigenvalue weighted by molar-refractivity contribution is 4.68. The molecule has 0 aromatic heterocycles. The van der Waals surface area contributed by atoms with Gasteiger partial charge in [0.2, 0.25) is 0 Å². The number of aliphatic hydroxyl groups is 3. The SMILES string of the molecule is CCCCCCCCCCCCOCC(OC(OC)[C@H](O)CO)[C@H](C)O. The third-order valence-electron chi connectivity index (χ3n) is 4.50. The van der Waals surface area contributed by atoms with E-state index in [1.165, 1.54) is 58.5 Å². The summed E-state index contributed by atoms with van der Waals surface area (Å²) >= 11 is 0. The zero-order chi connectivity index (χ0) is 19.6. The van der Waals surface area contributed by atoms with Gasteiger partial charge in [-0.05, 0) is 13.3 Å². The smallest absolute Gasteiger partial charge is 0.185 e. The number of methoxy groups -OCH3 is 1. The molecule has 6 heteroatoms. The molecule has 0 aromatic rings. The van der Waals surface area contributed by atoms with Gasteiger partial charge in [0.1, 0.15) is 12.2 Å². The van der Waals surface area contributed by atoms with Crippen LogP contribution in [0.2, 0.25) is 0 Å². The molecule has 26 heavy (non-hydrogen) atoms. The van der Waals surface area contributed by atoms with E-state index in [0.717, 1.165) is 12.8 Å². The van der Waals surface area contributed by atoms with E-state index in [0.29, 0.717) is 6.61 Å². The van der Waals surface area contributed by atoms with Gasteiger partial charge in [-0.3, -0.25) is 0 Å². The van der Waals surface area contributed by atoms with Gasteiger partial charge in [0.15, 0.2) is 6.29 Å². The van der Waals surface area contributed by atoms with E-state index in [-0.39, 0.29) is 6.61 Å². The summed E-state index contributed by atoms with van der Waals surface area (Å²) in [5, 5.41) is 28.4. The minimum Gasteiger partial charge on any atom is -0.393 e. The van der Waals surface area contributed by atoms with Crippen molar-refractivity contribution < 1.29 is 29.5 Å². The molecule has 2 unspecified atom stereocenters. The zero-order valence-electron chi connectivity index (χ0n) is 17.1. The number of hydrogen-bond acceptors (Lipinski definition) is 6. The van der Waals surface area contributed by atoms with Crippen molar-refractivity contribution in [3.8, 4) is 0 Å². The van der Waals surface area contributed by atoms with Gasteiger partial charge in [-0.15, -0.1) is 0 Å². The number of aliphatic hydroxyl groups excluding tert-OH is 3. The third-order valence-corrected chi connectivity index (χ3v) is 4.50. The highest BCUT2D eigenvalue weighted by atomic mass is 16.7. The number of rotatable bonds is 19. The molecule has 0 spiro atoms. The van der Waals surface area contributed by atoms with Crippen molar-refractivity contribution in [1.82, 2.24) is 0 Å². The van der Waals surface area contributed by atoms with Crippen LogP contribution in [0.15, 0.2) is 0 Å². The molecular weight excluding hydrogens is 336 g/mol. The fourth-order valence-electron chi connectivity index (χ4n) is 2.74. The van der Waals surface area contributed by atoms with Crippen LogP contribution in [0, 0.1) is 0 Å². The molecule has 6 nitrogen and oxygen atoms in total. The summed E-state index contributed by atoms with van der Waals surface area (Å²) in [6.07, 6.45) is 9.25. The second kappa shape index (κ2) is 18.1. The second-order valence-corrected chi connectivity index (χ2v) is 7.03. The van der Waals surface area contributed by atoms with Crippen LogP contribution < -0.4 is 0 Å². The monoisotopic (exact) mass is 378 g/mol. The summed E-state index contributed by atoms with van der Waals surface area (Å²) < 4.78 is 16.1. The summed E-state index contributed by atoms with van der Waals surface area (Å²) in [5.74, 6) is 0. The Labute approximate surface area is 159 Å². The summed E-state index contributed by atoms with van der Waals surface area (Å²) in [5.41, 5.74) is 0. The average Bonchev–Trinajstić information content (AvgIpc) is 2.64. The molecular formula is C20H42O6. The van der Waals surface area contributed by atoms with Crippen molar-refractivity contribution in [2.45, 2.75) is 103 Å². The Morgan fingerprint density at radius 3 is 1.85 bits per heavy atom. The molecule has 0 saturated carbocycles. The molecule has 0 rings (SSSR count). The third kappa shape index (κ3) is 13.9. The lowest BCUT2D eigenvalue weighted by atomic mass is 10.1. The fraction of sp³-hybridized carbons (Fsp3) is 1.00. The van der Waals surface area contributed by atoms with Gasteiger partial charge in [-0.25, -0.2) is 0 Å². The van der Waals surface area contributed by atoms with Crippen LogP contribution in [-0.4, -0.2) is 66.9 Å². The first kappa shape index (κ1) is 25.8. The van der Waals surface area contributed by atoms with E-state index < -0.39 is 31.2 Å². The van der Waals surface area contributed by atoms with Gasteiger partial charge in [-0.2, -0.15) is 0 Å². The van der Waals surface area contributed by atoms with Crippen LogP contribution in [0.5, 0.6) is 0 Å². The van der Waals surface area contributed by atoms with E-state index in [1.807, 2.05) is 0 Å². The largest absolute Gasteiger partial charge is 0.393 e. The lowest BCUT2D eigenvalue weighted by molar-refractivity contribution is -0.232. The molecule has 0 heterocycles. The van der Waals surface area contributed by atoms with E-state index >= 15 is 0 Å². The summed E-state index contributed by atoms with van der Waals surface area (Å²) in [4.78, 5) is 0. The first-order valence-electron chi connectivity index (χ1n) is 10.3. The van der Waals surface area contributed by atoms with Crippen molar-refractivity contribution in [3.63, 3.8) is 0 Å². The summed E-state index contributed by atoms with van der Waals surface area (Å²) in [7, 11) is 1.38. The minimum atomic E-state index is -1.15. The highest BCUT2D eigenvalue weighted by Gasteiger charge is 2.26. The zero-order valence-corrected chi connectivity index (χ0v) is 17.1. The molecule has 4 atom stereocenters. The van der Waals surface area contributed by atoms with Gasteiger partial charge in [0.05, 0.1) is 19.3 Å². The lowest BCUT2D eigenvalue weighted by Gasteiger charge is -2.27. The molecule has 0 fully saturated rings. The molecule has 0 aliphatic rings. The van der Waals surface area contributed by atoms with Crippen molar-refractivity contribution >= 4 is 0 Å². The van der Waals surface area contributed by atoms with Crippen LogP contribution in [0.4, 0.5) is 0 Å². The Kier molecular flexibility index (Phi) is 18.0. The highest BCUT2D eigenvalue weighted by Crippen LogP contribution is 2.12. The van der Waals surface area contributed by atoms with E-state index in [4.69, 9.17) is 19.3 Å². The molecule has 0 bridgehead atoms. The van der Waals surface area contributed by atoms with Crippen molar-refractivity contribution in [2.75, 3.05) is 26.9 Å². The Morgan fingerprint density at radius 1 is 0.846 bits per heavy atom. The standard InChI is InChI=1S/C20H42O6/c1-4-5-6-7-8-9-10-11-12-13-14-25-16-19(17(2)22)26-20(24-3)18(23)15-21/h17-23H,4-16H2,1-3H3/t17-,18+,19?,20?/m0/s1. The van der Waals surface area contributed by atoms with Crippen LogP contribution in [-0.2, 0) is 14.2 Å². The quantitative estimate of drug-likeness (QED) is 0.236. The number of ether oxygens (including phenoxy) is 3. The molecule has 0 amide bonds. The Hall–Kier alpha value is -0.240. The molecule has 0 aromatic carbocycles. The molecule has 158 valence electrons. The Balaban J connectivity index is 3.69. The molecule has 0 aliphatic heterocycles. The van der Waals surface area contributed by atoms with E-state index in [1.54, 1.807) is 6.92 Å². The van der Waals surface area contributed by atoms with Crippen LogP contribution >= 0.6 is 0 Å². The maximum atomic E-state index is 9.78. The van der Waals surface area contributed by atoms with Crippen LogP contribution in [0.3, 0.4) is 0 Å². The normalized spacial score (nSPS) is 16.4. The van der Waals surface area contributed by atoms with E-state index in [9.17, 15) is 10.2 Å². The Morgan fingerprint density at radius 2 is 1.38 bits per heavy atom. The van der Waals surface area contributed by atoms with Crippen molar-refractivity contribution in [2.24, 2.45) is 0 Å². The minimum absolute atomic E-state index is 0.229. The molecule has 3 N–H and O–H groups in total. The van der Waals surface area contributed by atoms with E-state index in [2.05, 4.69) is 6.92 Å². The number of hydrogen-bond donors (Lipinski definition) is 3. The van der Waals surface area contributed by atoms with Gasteiger partial charge in [0, 0.05) is 13.7 Å². The van der Waals surface area contributed by atoms with Gasteiger partial charge < -0.3 is 29.5 Å². The first-order chi connectivity index (χ1) is 12.6. The van der Waals surface area contributed by atoms with Gasteiger partial charge >= 0.3 is 0 Å². The average molecular weight is 379 g/mol. The van der Waals surface area contributed by atoms with Crippen LogP contribution in [0.1, 0.15) is 78.1 Å². The molecule has 0 radical (unpaired) electrons. The Bertz CT molecular complexity index is 287. The molecule has 0 aliphatic carbocycles. The van der Waals surface area contributed by atoms with Crippen LogP contribution in [0.25, 0.3) is 0 Å². The van der Waals surface area contributed by atoms with Gasteiger partial charge in [0.25, 0.3) is 0 Å². The predicted octanol–water partition coefficient (Wildman–Crippen LogP) is 3.02. The maximum Gasteiger partial charge on any atom is 0.185 e. The van der Waals surface area contributed by atoms with Crippen molar-refractivity contribution in [3.05, 3.63) is 0 Å². The van der Waals surface area contributed by atoms with Crippen molar-refractivity contribution in [1.29, 1.82) is 0 Å². The summed E-state index contributed by atoms with van der Waals surface area (Å²) in [6.45, 7) is 4.24. The second-order valence-electron chi connectivity index (χ2n) is 7.03. The topological polar surface area (TPSA) is 88.4 Å². The predicted molar refractivity (Wildman–Crippen MR) is 103 cm³/mol. The number of unbranched alkanes of at least 4 members (excludes halogenated alkanes) is 9.